The molecule has 6 nitrogen and oxygen atoms in total. The van der Waals surface area contributed by atoms with Gasteiger partial charge in [-0.3, -0.25) is 4.79 Å². The van der Waals surface area contributed by atoms with Crippen LogP contribution in [-0.2, 0) is 4.79 Å². The van der Waals surface area contributed by atoms with Gasteiger partial charge in [-0.1, -0.05) is 0 Å². The smallest absolute Gasteiger partial charge is 0.236 e. The van der Waals surface area contributed by atoms with Gasteiger partial charge in [0, 0.05) is 26.2 Å². The molecule has 3 heterocycles. The molecular formula is C13H18ClN5OS. The summed E-state index contributed by atoms with van der Waals surface area (Å²) in [4.78, 5) is 25.7. The van der Waals surface area contributed by atoms with E-state index in [1.165, 1.54) is 0 Å². The number of nitrogens with zero attached hydrogens (tertiary/aromatic N) is 4. The van der Waals surface area contributed by atoms with Crippen LogP contribution in [0.2, 0.25) is 0 Å². The summed E-state index contributed by atoms with van der Waals surface area (Å²) in [6.45, 7) is 3.53. The van der Waals surface area contributed by atoms with Crippen molar-refractivity contribution < 1.29 is 4.79 Å². The van der Waals surface area contributed by atoms with Gasteiger partial charge in [-0.05, 0) is 18.5 Å². The monoisotopic (exact) mass is 327 g/mol. The van der Waals surface area contributed by atoms with Crippen LogP contribution in [0.1, 0.15) is 0 Å². The minimum absolute atomic E-state index is 0. The second kappa shape index (κ2) is 7.02. The number of carbonyl (C=O) groups excluding carboxylic acids is 1. The fourth-order valence-electron chi connectivity index (χ4n) is 2.46. The Hall–Kier alpha value is -1.44. The van der Waals surface area contributed by atoms with E-state index in [9.17, 15) is 4.79 Å². The Morgan fingerprint density at radius 3 is 2.81 bits per heavy atom. The van der Waals surface area contributed by atoms with Gasteiger partial charge in [-0.25, -0.2) is 9.97 Å². The molecule has 0 aromatic carbocycles. The van der Waals surface area contributed by atoms with E-state index in [0.29, 0.717) is 6.54 Å². The van der Waals surface area contributed by atoms with Crippen LogP contribution >= 0.6 is 23.7 Å². The molecule has 0 atom stereocenters. The molecule has 2 aromatic heterocycles. The highest BCUT2D eigenvalue weighted by atomic mass is 35.5. The Morgan fingerprint density at radius 1 is 1.33 bits per heavy atom. The van der Waals surface area contributed by atoms with Crippen LogP contribution in [0, 0.1) is 0 Å². The van der Waals surface area contributed by atoms with E-state index >= 15 is 0 Å². The molecule has 0 aliphatic carbocycles. The van der Waals surface area contributed by atoms with Crippen LogP contribution in [0.4, 0.5) is 5.82 Å². The number of anilines is 1. The highest BCUT2D eigenvalue weighted by Gasteiger charge is 2.22. The molecule has 1 amide bonds. The Kier molecular flexibility index (Phi) is 5.33. The number of hydrogen-bond acceptors (Lipinski definition) is 6. The lowest BCUT2D eigenvalue weighted by Crippen LogP contribution is -2.50. The van der Waals surface area contributed by atoms with Crippen molar-refractivity contribution in [2.45, 2.75) is 0 Å². The molecule has 1 aliphatic heterocycles. The van der Waals surface area contributed by atoms with Gasteiger partial charge in [-0.2, -0.15) is 0 Å². The average molecular weight is 328 g/mol. The van der Waals surface area contributed by atoms with Crippen molar-refractivity contribution in [2.75, 3.05) is 44.7 Å². The molecule has 8 heteroatoms. The van der Waals surface area contributed by atoms with Crippen molar-refractivity contribution in [3.63, 3.8) is 0 Å². The summed E-state index contributed by atoms with van der Waals surface area (Å²) >= 11 is 1.63. The quantitative estimate of drug-likeness (QED) is 0.910. The molecule has 0 unspecified atom stereocenters. The molecule has 1 N–H and O–H groups in total. The molecule has 2 aromatic rings. The van der Waals surface area contributed by atoms with Crippen molar-refractivity contribution >= 4 is 45.7 Å². The molecule has 0 saturated carbocycles. The molecule has 0 radical (unpaired) electrons. The summed E-state index contributed by atoms with van der Waals surface area (Å²) in [5, 5.41) is 6.05. The summed E-state index contributed by atoms with van der Waals surface area (Å²) in [6.07, 6.45) is 1.62. The van der Waals surface area contributed by atoms with E-state index < -0.39 is 0 Å². The number of halogens is 1. The summed E-state index contributed by atoms with van der Waals surface area (Å²) in [5.41, 5.74) is 0. The zero-order chi connectivity index (χ0) is 13.9. The molecule has 1 fully saturated rings. The molecule has 0 bridgehead atoms. The Morgan fingerprint density at radius 2 is 2.10 bits per heavy atom. The van der Waals surface area contributed by atoms with Gasteiger partial charge in [-0.15, -0.1) is 23.7 Å². The van der Waals surface area contributed by atoms with Crippen molar-refractivity contribution in [2.24, 2.45) is 0 Å². The van der Waals surface area contributed by atoms with Crippen LogP contribution in [0.25, 0.3) is 10.2 Å². The summed E-state index contributed by atoms with van der Waals surface area (Å²) in [6, 6.07) is 2.06. The van der Waals surface area contributed by atoms with Gasteiger partial charge in [0.05, 0.1) is 11.9 Å². The van der Waals surface area contributed by atoms with Gasteiger partial charge in [0.2, 0.25) is 5.91 Å². The third kappa shape index (κ3) is 3.25. The average Bonchev–Trinajstić information content (AvgIpc) is 2.96. The minimum atomic E-state index is 0. The van der Waals surface area contributed by atoms with E-state index in [-0.39, 0.29) is 18.3 Å². The number of piperazine rings is 1. The first-order chi connectivity index (χ1) is 9.79. The predicted molar refractivity (Wildman–Crippen MR) is 87.4 cm³/mol. The fourth-order valence-corrected chi connectivity index (χ4v) is 3.19. The molecule has 114 valence electrons. The van der Waals surface area contributed by atoms with Crippen LogP contribution in [0.5, 0.6) is 0 Å². The van der Waals surface area contributed by atoms with Crippen molar-refractivity contribution in [3.05, 3.63) is 17.8 Å². The maximum Gasteiger partial charge on any atom is 0.236 e. The standard InChI is InChI=1S/C13H17N5OS.ClH/c1-14-8-11(19)17-3-5-18(6-4-17)12-10-2-7-20-13(10)16-9-15-12;/h2,7,9,14H,3-6,8H2,1H3;1H. The normalized spacial score (nSPS) is 15.1. The number of carbonyl (C=O) groups is 1. The molecule has 3 rings (SSSR count). The van der Waals surface area contributed by atoms with Gasteiger partial charge in [0.15, 0.2) is 0 Å². The SMILES string of the molecule is CNCC(=O)N1CCN(c2ncnc3sccc23)CC1.Cl. The molecule has 0 spiro atoms. The number of thiophene rings is 1. The fraction of sp³-hybridized carbons (Fsp3) is 0.462. The second-order valence-electron chi connectivity index (χ2n) is 4.73. The third-order valence-corrected chi connectivity index (χ3v) is 4.32. The number of fused-ring (bicyclic) bond motifs is 1. The zero-order valence-corrected chi connectivity index (χ0v) is 13.4. The second-order valence-corrected chi connectivity index (χ2v) is 5.63. The maximum atomic E-state index is 11.8. The van der Waals surface area contributed by atoms with Crippen molar-refractivity contribution in [1.29, 1.82) is 0 Å². The van der Waals surface area contributed by atoms with Gasteiger partial charge in [0.25, 0.3) is 0 Å². The molecule has 21 heavy (non-hydrogen) atoms. The van der Waals surface area contributed by atoms with Crippen molar-refractivity contribution in [1.82, 2.24) is 20.2 Å². The van der Waals surface area contributed by atoms with E-state index in [2.05, 4.69) is 26.3 Å². The highest BCUT2D eigenvalue weighted by molar-refractivity contribution is 7.16. The summed E-state index contributed by atoms with van der Waals surface area (Å²) < 4.78 is 0. The Balaban J connectivity index is 0.00000161. The lowest BCUT2D eigenvalue weighted by molar-refractivity contribution is -0.130. The van der Waals surface area contributed by atoms with Crippen LogP contribution < -0.4 is 10.2 Å². The summed E-state index contributed by atoms with van der Waals surface area (Å²) in [7, 11) is 1.79. The van der Waals surface area contributed by atoms with E-state index in [0.717, 1.165) is 42.2 Å². The Labute approximate surface area is 133 Å². The van der Waals surface area contributed by atoms with Gasteiger partial charge >= 0.3 is 0 Å². The number of hydrogen-bond donors (Lipinski definition) is 1. The number of likely N-dealkylation sites (N-methyl/N-ethyl adjacent to an activating group) is 1. The maximum absolute atomic E-state index is 11.8. The van der Waals surface area contributed by atoms with E-state index in [1.54, 1.807) is 24.7 Å². The van der Waals surface area contributed by atoms with Crippen LogP contribution in [0.15, 0.2) is 17.8 Å². The number of nitrogens with one attached hydrogen (secondary N) is 1. The number of rotatable bonds is 3. The largest absolute Gasteiger partial charge is 0.352 e. The predicted octanol–water partition coefficient (Wildman–Crippen LogP) is 0.981. The van der Waals surface area contributed by atoms with E-state index in [4.69, 9.17) is 0 Å². The third-order valence-electron chi connectivity index (χ3n) is 3.50. The highest BCUT2D eigenvalue weighted by Crippen LogP contribution is 2.27. The summed E-state index contributed by atoms with van der Waals surface area (Å²) in [5.74, 6) is 1.15. The lowest BCUT2D eigenvalue weighted by Gasteiger charge is -2.35. The van der Waals surface area contributed by atoms with Crippen LogP contribution in [0.3, 0.4) is 0 Å². The van der Waals surface area contributed by atoms with Crippen molar-refractivity contribution in [3.8, 4) is 0 Å². The van der Waals surface area contributed by atoms with Crippen LogP contribution in [-0.4, -0.2) is 60.5 Å². The first-order valence-electron chi connectivity index (χ1n) is 6.65. The topological polar surface area (TPSA) is 61.4 Å². The minimum Gasteiger partial charge on any atom is -0.352 e. The van der Waals surface area contributed by atoms with E-state index in [1.807, 2.05) is 10.3 Å². The lowest BCUT2D eigenvalue weighted by atomic mass is 10.2. The van der Waals surface area contributed by atoms with Gasteiger partial charge in [0.1, 0.15) is 17.0 Å². The van der Waals surface area contributed by atoms with Gasteiger partial charge < -0.3 is 15.1 Å². The molecule has 1 saturated heterocycles. The molecule has 1 aliphatic rings. The first kappa shape index (κ1) is 15.9. The number of aromatic nitrogens is 2. The zero-order valence-electron chi connectivity index (χ0n) is 11.8. The Bertz CT molecular complexity index is 611. The first-order valence-corrected chi connectivity index (χ1v) is 7.53. The molecular weight excluding hydrogens is 310 g/mol. The number of amides is 1.